The van der Waals surface area contributed by atoms with E-state index in [-0.39, 0.29) is 18.2 Å². The minimum absolute atomic E-state index is 0.0187. The zero-order valence-electron chi connectivity index (χ0n) is 10.9. The van der Waals surface area contributed by atoms with E-state index in [0.29, 0.717) is 5.82 Å². The molecule has 1 aromatic carbocycles. The smallest absolute Gasteiger partial charge is 0.352 e. The number of carbonyl (C=O) groups excluding carboxylic acids is 1. The molecule has 0 fully saturated rings. The van der Waals surface area contributed by atoms with Gasteiger partial charge in [-0.25, -0.2) is 4.79 Å². The van der Waals surface area contributed by atoms with Crippen LogP contribution in [0, 0.1) is 11.3 Å². The highest BCUT2D eigenvalue weighted by Crippen LogP contribution is 2.29. The molecule has 0 aromatic heterocycles. The predicted octanol–water partition coefficient (Wildman–Crippen LogP) is 2.06. The lowest BCUT2D eigenvalue weighted by Gasteiger charge is -2.28. The number of hydrogen-bond acceptors (Lipinski definition) is 5. The van der Waals surface area contributed by atoms with Gasteiger partial charge in [0.25, 0.3) is 0 Å². The van der Waals surface area contributed by atoms with Gasteiger partial charge in [-0.2, -0.15) is 5.26 Å². The number of carbonyl (C=O) groups is 1. The van der Waals surface area contributed by atoms with Crippen LogP contribution in [-0.2, 0) is 9.53 Å². The highest BCUT2D eigenvalue weighted by atomic mass is 16.5. The number of anilines is 1. The van der Waals surface area contributed by atoms with E-state index in [1.165, 1.54) is 0 Å². The van der Waals surface area contributed by atoms with Crippen LogP contribution < -0.4 is 10.6 Å². The Balaban J connectivity index is 2.38. The SMILES string of the molecule is CCOC(=O)/C(C#N)=C1\Nc2ccccc2C(C)N1. The standard InChI is InChI=1S/C14H15N3O2/c1-3-19-14(18)11(8-15)13-16-9(2)10-6-4-5-7-12(10)17-13/h4-7,9,16-17H,3H2,1-2H3/b13-11-. The molecule has 5 nitrogen and oxygen atoms in total. The second kappa shape index (κ2) is 5.44. The van der Waals surface area contributed by atoms with Gasteiger partial charge in [-0.05, 0) is 25.5 Å². The Morgan fingerprint density at radius 3 is 2.89 bits per heavy atom. The fourth-order valence-electron chi connectivity index (χ4n) is 1.99. The Labute approximate surface area is 111 Å². The van der Waals surface area contributed by atoms with Crippen LogP contribution in [0.2, 0.25) is 0 Å². The lowest BCUT2D eigenvalue weighted by atomic mass is 10.0. The molecule has 2 rings (SSSR count). The minimum Gasteiger partial charge on any atom is -0.462 e. The van der Waals surface area contributed by atoms with E-state index in [2.05, 4.69) is 10.6 Å². The normalized spacial score (nSPS) is 19.3. The molecule has 2 N–H and O–H groups in total. The van der Waals surface area contributed by atoms with Crippen LogP contribution in [0.3, 0.4) is 0 Å². The molecule has 1 heterocycles. The molecule has 0 radical (unpaired) electrons. The Kier molecular flexibility index (Phi) is 3.71. The number of hydrogen-bond donors (Lipinski definition) is 2. The van der Waals surface area contributed by atoms with Crippen molar-refractivity contribution < 1.29 is 9.53 Å². The lowest BCUT2D eigenvalue weighted by molar-refractivity contribution is -0.138. The predicted molar refractivity (Wildman–Crippen MR) is 70.9 cm³/mol. The Morgan fingerprint density at radius 1 is 1.47 bits per heavy atom. The molecule has 0 bridgehead atoms. The van der Waals surface area contributed by atoms with Crippen LogP contribution in [0.4, 0.5) is 5.69 Å². The summed E-state index contributed by atoms with van der Waals surface area (Å²) in [6.07, 6.45) is 0. The fraction of sp³-hybridized carbons (Fsp3) is 0.286. The van der Waals surface area contributed by atoms with Gasteiger partial charge in [-0.1, -0.05) is 18.2 Å². The van der Waals surface area contributed by atoms with Crippen molar-refractivity contribution in [2.45, 2.75) is 19.9 Å². The van der Waals surface area contributed by atoms with Gasteiger partial charge >= 0.3 is 5.97 Å². The maximum Gasteiger partial charge on any atom is 0.352 e. The summed E-state index contributed by atoms with van der Waals surface area (Å²) in [7, 11) is 0. The van der Waals surface area contributed by atoms with E-state index in [0.717, 1.165) is 11.3 Å². The van der Waals surface area contributed by atoms with Crippen molar-refractivity contribution in [3.05, 3.63) is 41.2 Å². The second-order valence-corrected chi connectivity index (χ2v) is 4.16. The first kappa shape index (κ1) is 13.0. The number of benzene rings is 1. The molecule has 0 saturated carbocycles. The highest BCUT2D eigenvalue weighted by Gasteiger charge is 2.24. The van der Waals surface area contributed by atoms with Crippen molar-refractivity contribution in [3.63, 3.8) is 0 Å². The van der Waals surface area contributed by atoms with Crippen molar-refractivity contribution in [1.29, 1.82) is 5.26 Å². The zero-order chi connectivity index (χ0) is 13.8. The molecular weight excluding hydrogens is 242 g/mol. The molecular formula is C14H15N3O2. The molecule has 0 amide bonds. The number of rotatable bonds is 2. The van der Waals surface area contributed by atoms with Gasteiger partial charge in [-0.15, -0.1) is 0 Å². The number of ether oxygens (including phenoxy) is 1. The Hall–Kier alpha value is -2.48. The van der Waals surface area contributed by atoms with E-state index >= 15 is 0 Å². The molecule has 0 saturated heterocycles. The third kappa shape index (κ3) is 2.52. The summed E-state index contributed by atoms with van der Waals surface area (Å²) in [5, 5.41) is 15.3. The Bertz CT molecular complexity index is 572. The maximum atomic E-state index is 11.7. The monoisotopic (exact) mass is 257 g/mol. The van der Waals surface area contributed by atoms with E-state index in [1.807, 2.05) is 37.3 Å². The van der Waals surface area contributed by atoms with Crippen LogP contribution in [0.15, 0.2) is 35.7 Å². The summed E-state index contributed by atoms with van der Waals surface area (Å²) in [4.78, 5) is 11.7. The maximum absolute atomic E-state index is 11.7. The van der Waals surface area contributed by atoms with Crippen molar-refractivity contribution in [3.8, 4) is 6.07 Å². The quantitative estimate of drug-likeness (QED) is 0.482. The number of esters is 1. The zero-order valence-corrected chi connectivity index (χ0v) is 10.9. The number of nitrogens with one attached hydrogen (secondary N) is 2. The summed E-state index contributed by atoms with van der Waals surface area (Å²) < 4.78 is 4.87. The highest BCUT2D eigenvalue weighted by molar-refractivity contribution is 5.94. The summed E-state index contributed by atoms with van der Waals surface area (Å²) in [6.45, 7) is 3.92. The summed E-state index contributed by atoms with van der Waals surface area (Å²) in [5.74, 6) is -0.223. The van der Waals surface area contributed by atoms with Crippen molar-refractivity contribution in [2.75, 3.05) is 11.9 Å². The van der Waals surface area contributed by atoms with Crippen LogP contribution in [0.25, 0.3) is 0 Å². The van der Waals surface area contributed by atoms with Crippen molar-refractivity contribution >= 4 is 11.7 Å². The molecule has 1 unspecified atom stereocenters. The van der Waals surface area contributed by atoms with Gasteiger partial charge in [0.15, 0.2) is 5.57 Å². The first-order chi connectivity index (χ1) is 9.17. The lowest BCUT2D eigenvalue weighted by Crippen LogP contribution is -2.32. The van der Waals surface area contributed by atoms with E-state index in [1.54, 1.807) is 6.92 Å². The first-order valence-corrected chi connectivity index (χ1v) is 6.11. The van der Waals surface area contributed by atoms with Crippen molar-refractivity contribution in [2.24, 2.45) is 0 Å². The minimum atomic E-state index is -0.619. The largest absolute Gasteiger partial charge is 0.462 e. The third-order valence-corrected chi connectivity index (χ3v) is 2.89. The van der Waals surface area contributed by atoms with Gasteiger partial charge in [0.2, 0.25) is 0 Å². The average molecular weight is 257 g/mol. The number of para-hydroxylation sites is 1. The second-order valence-electron chi connectivity index (χ2n) is 4.16. The van der Waals surface area contributed by atoms with Gasteiger partial charge < -0.3 is 15.4 Å². The molecule has 0 aliphatic carbocycles. The molecule has 0 spiro atoms. The van der Waals surface area contributed by atoms with E-state index in [4.69, 9.17) is 10.00 Å². The molecule has 1 aromatic rings. The van der Waals surface area contributed by atoms with Crippen LogP contribution in [-0.4, -0.2) is 12.6 Å². The number of nitrogens with zero attached hydrogens (tertiary/aromatic N) is 1. The number of nitriles is 1. The van der Waals surface area contributed by atoms with Gasteiger partial charge in [-0.3, -0.25) is 0 Å². The molecule has 19 heavy (non-hydrogen) atoms. The van der Waals surface area contributed by atoms with Crippen LogP contribution in [0.5, 0.6) is 0 Å². The molecule has 98 valence electrons. The van der Waals surface area contributed by atoms with Crippen molar-refractivity contribution in [1.82, 2.24) is 5.32 Å². The molecule has 1 atom stereocenters. The van der Waals surface area contributed by atoms with Gasteiger partial charge in [0.1, 0.15) is 11.9 Å². The van der Waals surface area contributed by atoms with Gasteiger partial charge in [0, 0.05) is 5.69 Å². The van der Waals surface area contributed by atoms with Crippen LogP contribution >= 0.6 is 0 Å². The topological polar surface area (TPSA) is 74.2 Å². The molecule has 1 aliphatic rings. The summed E-state index contributed by atoms with van der Waals surface area (Å²) in [6, 6.07) is 9.66. The van der Waals surface area contributed by atoms with Gasteiger partial charge in [0.05, 0.1) is 12.6 Å². The Morgan fingerprint density at radius 2 is 2.21 bits per heavy atom. The average Bonchev–Trinajstić information content (AvgIpc) is 2.40. The van der Waals surface area contributed by atoms with E-state index in [9.17, 15) is 4.79 Å². The number of fused-ring (bicyclic) bond motifs is 1. The fourth-order valence-corrected chi connectivity index (χ4v) is 1.99. The van der Waals surface area contributed by atoms with Crippen LogP contribution in [0.1, 0.15) is 25.5 Å². The molecule has 1 aliphatic heterocycles. The van der Waals surface area contributed by atoms with E-state index < -0.39 is 5.97 Å². The summed E-state index contributed by atoms with van der Waals surface area (Å²) in [5.41, 5.74) is 1.94. The molecule has 5 heteroatoms. The third-order valence-electron chi connectivity index (χ3n) is 2.89. The summed E-state index contributed by atoms with van der Waals surface area (Å²) >= 11 is 0. The first-order valence-electron chi connectivity index (χ1n) is 6.11.